The summed E-state index contributed by atoms with van der Waals surface area (Å²) in [5.41, 5.74) is 12.8. The Hall–Kier alpha value is -2.43. The lowest BCUT2D eigenvalue weighted by Crippen LogP contribution is -2.54. The zero-order chi connectivity index (χ0) is 18.3. The summed E-state index contributed by atoms with van der Waals surface area (Å²) in [6.45, 7) is 2.51. The van der Waals surface area contributed by atoms with E-state index in [2.05, 4.69) is 4.99 Å². The lowest BCUT2D eigenvalue weighted by atomic mass is 9.91. The number of hydrogen-bond donors (Lipinski definition) is 4. The second kappa shape index (κ2) is 9.01. The van der Waals surface area contributed by atoms with Crippen LogP contribution in [0.2, 0.25) is 0 Å². The molecule has 24 heavy (non-hydrogen) atoms. The van der Waals surface area contributed by atoms with E-state index in [0.29, 0.717) is 19.4 Å². The number of carboxylic acid groups (broad SMARTS) is 1. The Labute approximate surface area is 139 Å². The summed E-state index contributed by atoms with van der Waals surface area (Å²) in [5.74, 6) is -1.49. The van der Waals surface area contributed by atoms with Gasteiger partial charge in [-0.05, 0) is 31.6 Å². The van der Waals surface area contributed by atoms with Gasteiger partial charge in [-0.1, -0.05) is 12.3 Å². The molecule has 11 nitrogen and oxygen atoms in total. The summed E-state index contributed by atoms with van der Waals surface area (Å²) < 4.78 is 0. The molecule has 0 saturated carbocycles. The van der Waals surface area contributed by atoms with Crippen molar-refractivity contribution in [2.45, 2.75) is 44.7 Å². The molecule has 1 amide bonds. The van der Waals surface area contributed by atoms with Crippen LogP contribution in [0, 0.1) is 16.0 Å². The molecule has 136 valence electrons. The molecular formula is C13H24N6O5. The van der Waals surface area contributed by atoms with Crippen LogP contribution in [0.3, 0.4) is 0 Å². The number of carboxylic acids is 1. The zero-order valence-electron chi connectivity index (χ0n) is 13.6. The van der Waals surface area contributed by atoms with E-state index in [1.54, 1.807) is 5.43 Å². The Morgan fingerprint density at radius 1 is 1.54 bits per heavy atom. The SMILES string of the molecule is C[C@@H]1CCN(C(=O)[C@@H](N)CCCN=C(N)N[N+](=O)[O-])[C@@H](C(=O)O)C1. The number of nitro groups is 1. The number of carbonyl (C=O) groups excluding carboxylic acids is 1. The van der Waals surface area contributed by atoms with Crippen molar-refractivity contribution in [3.63, 3.8) is 0 Å². The van der Waals surface area contributed by atoms with Crippen LogP contribution in [0.15, 0.2) is 4.99 Å². The van der Waals surface area contributed by atoms with Gasteiger partial charge in [-0.25, -0.2) is 19.9 Å². The molecule has 1 aliphatic heterocycles. The minimum absolute atomic E-state index is 0.174. The number of hydrogen-bond acceptors (Lipinski definition) is 6. The van der Waals surface area contributed by atoms with Crippen LogP contribution in [0.25, 0.3) is 0 Å². The fourth-order valence-electron chi connectivity index (χ4n) is 2.62. The van der Waals surface area contributed by atoms with Gasteiger partial charge in [0.2, 0.25) is 5.91 Å². The Morgan fingerprint density at radius 3 is 2.79 bits per heavy atom. The first-order valence-electron chi connectivity index (χ1n) is 7.72. The van der Waals surface area contributed by atoms with E-state index in [1.165, 1.54) is 4.90 Å². The molecule has 0 aromatic carbocycles. The van der Waals surface area contributed by atoms with Crippen LogP contribution >= 0.6 is 0 Å². The fraction of sp³-hybridized carbons (Fsp3) is 0.769. The molecule has 0 aromatic heterocycles. The highest BCUT2D eigenvalue weighted by atomic mass is 16.7. The fourth-order valence-corrected chi connectivity index (χ4v) is 2.62. The standard InChI is InChI=1S/C13H24N6O5/c1-8-4-6-18(10(7-8)12(21)22)11(20)9(14)3-2-5-16-13(15)17-19(23)24/h8-10H,2-7,14H2,1H3,(H,21,22)(H3,15,16,17)/t8-,9+,10-/m1/s1. The Kier molecular flexibility index (Phi) is 7.36. The summed E-state index contributed by atoms with van der Waals surface area (Å²) in [7, 11) is 0. The average molecular weight is 344 g/mol. The monoisotopic (exact) mass is 344 g/mol. The van der Waals surface area contributed by atoms with E-state index in [-0.39, 0.29) is 24.8 Å². The van der Waals surface area contributed by atoms with Gasteiger partial charge in [-0.2, -0.15) is 0 Å². The number of hydrazine groups is 1. The van der Waals surface area contributed by atoms with E-state index >= 15 is 0 Å². The van der Waals surface area contributed by atoms with Gasteiger partial charge >= 0.3 is 5.97 Å². The first-order chi connectivity index (χ1) is 11.2. The molecule has 11 heteroatoms. The van der Waals surface area contributed by atoms with Crippen LogP contribution in [0.5, 0.6) is 0 Å². The first-order valence-corrected chi connectivity index (χ1v) is 7.72. The average Bonchev–Trinajstić information content (AvgIpc) is 2.49. The summed E-state index contributed by atoms with van der Waals surface area (Å²) in [6.07, 6.45) is 1.85. The second-order valence-corrected chi connectivity index (χ2v) is 5.90. The van der Waals surface area contributed by atoms with E-state index in [1.807, 2.05) is 6.92 Å². The van der Waals surface area contributed by atoms with Crippen molar-refractivity contribution in [2.75, 3.05) is 13.1 Å². The van der Waals surface area contributed by atoms with Crippen molar-refractivity contribution in [1.82, 2.24) is 10.3 Å². The highest BCUT2D eigenvalue weighted by Crippen LogP contribution is 2.23. The van der Waals surface area contributed by atoms with E-state index < -0.39 is 29.0 Å². The first kappa shape index (κ1) is 19.6. The third-order valence-corrected chi connectivity index (χ3v) is 3.91. The van der Waals surface area contributed by atoms with Crippen LogP contribution in [-0.2, 0) is 9.59 Å². The van der Waals surface area contributed by atoms with E-state index in [0.717, 1.165) is 6.42 Å². The van der Waals surface area contributed by atoms with Crippen molar-refractivity contribution in [3.8, 4) is 0 Å². The molecule has 3 atom stereocenters. The van der Waals surface area contributed by atoms with Gasteiger partial charge in [0.25, 0.3) is 5.96 Å². The number of aliphatic imine (C=N–C) groups is 1. The van der Waals surface area contributed by atoms with Crippen LogP contribution < -0.4 is 16.9 Å². The Morgan fingerprint density at radius 2 is 2.21 bits per heavy atom. The predicted molar refractivity (Wildman–Crippen MR) is 85.4 cm³/mol. The van der Waals surface area contributed by atoms with E-state index in [9.17, 15) is 24.8 Å². The molecule has 1 saturated heterocycles. The number of nitrogens with one attached hydrogen (secondary N) is 1. The van der Waals surface area contributed by atoms with Gasteiger partial charge in [0.15, 0.2) is 5.03 Å². The highest BCUT2D eigenvalue weighted by molar-refractivity contribution is 5.87. The summed E-state index contributed by atoms with van der Waals surface area (Å²) in [5, 5.41) is 18.6. The molecule has 0 aromatic rings. The topological polar surface area (TPSA) is 177 Å². The van der Waals surface area contributed by atoms with Gasteiger partial charge < -0.3 is 21.5 Å². The summed E-state index contributed by atoms with van der Waals surface area (Å²) in [6, 6.07) is -1.68. The second-order valence-electron chi connectivity index (χ2n) is 5.90. The molecular weight excluding hydrogens is 320 g/mol. The van der Waals surface area contributed by atoms with Crippen molar-refractivity contribution in [2.24, 2.45) is 22.4 Å². The Bertz CT molecular complexity index is 511. The van der Waals surface area contributed by atoms with Gasteiger partial charge in [0.05, 0.1) is 6.04 Å². The minimum Gasteiger partial charge on any atom is -0.480 e. The van der Waals surface area contributed by atoms with Gasteiger partial charge in [-0.3, -0.25) is 4.79 Å². The lowest BCUT2D eigenvalue weighted by Gasteiger charge is -2.37. The number of guanidine groups is 1. The minimum atomic E-state index is -1.02. The van der Waals surface area contributed by atoms with Crippen LogP contribution in [0.1, 0.15) is 32.6 Å². The molecule has 1 aliphatic rings. The van der Waals surface area contributed by atoms with Gasteiger partial charge in [0.1, 0.15) is 6.04 Å². The molecule has 1 heterocycles. The molecule has 0 aliphatic carbocycles. The number of nitrogens with zero attached hydrogens (tertiary/aromatic N) is 3. The van der Waals surface area contributed by atoms with Crippen molar-refractivity contribution in [3.05, 3.63) is 10.1 Å². The van der Waals surface area contributed by atoms with Crippen LogP contribution in [-0.4, -0.2) is 58.0 Å². The zero-order valence-corrected chi connectivity index (χ0v) is 13.6. The number of likely N-dealkylation sites (tertiary alicyclic amines) is 1. The van der Waals surface area contributed by atoms with Crippen LogP contribution in [0.4, 0.5) is 0 Å². The summed E-state index contributed by atoms with van der Waals surface area (Å²) in [4.78, 5) is 38.9. The molecule has 0 radical (unpaired) electrons. The van der Waals surface area contributed by atoms with Gasteiger partial charge in [-0.15, -0.1) is 0 Å². The molecule has 6 N–H and O–H groups in total. The third-order valence-electron chi connectivity index (χ3n) is 3.91. The quantitative estimate of drug-likeness (QED) is 0.148. The molecule has 1 rings (SSSR count). The number of rotatable bonds is 7. The number of aliphatic carboxylic acids is 1. The third kappa shape index (κ3) is 5.99. The maximum absolute atomic E-state index is 12.4. The maximum Gasteiger partial charge on any atom is 0.326 e. The van der Waals surface area contributed by atoms with Gasteiger partial charge in [0, 0.05) is 13.1 Å². The van der Waals surface area contributed by atoms with Crippen molar-refractivity contribution in [1.29, 1.82) is 0 Å². The Balaban J connectivity index is 2.49. The number of amides is 1. The summed E-state index contributed by atoms with van der Waals surface area (Å²) >= 11 is 0. The maximum atomic E-state index is 12.4. The lowest BCUT2D eigenvalue weighted by molar-refractivity contribution is -0.525. The normalized spacial score (nSPS) is 22.8. The molecule has 0 spiro atoms. The largest absolute Gasteiger partial charge is 0.480 e. The van der Waals surface area contributed by atoms with E-state index in [4.69, 9.17) is 11.5 Å². The molecule has 1 fully saturated rings. The molecule has 0 bridgehead atoms. The number of nitrogens with two attached hydrogens (primary N) is 2. The predicted octanol–water partition coefficient (Wildman–Crippen LogP) is -1.10. The number of carbonyl (C=O) groups is 2. The number of piperidine rings is 1. The highest BCUT2D eigenvalue weighted by Gasteiger charge is 2.36. The molecule has 0 unspecified atom stereocenters. The van der Waals surface area contributed by atoms with Crippen molar-refractivity contribution >= 4 is 17.8 Å². The smallest absolute Gasteiger partial charge is 0.326 e. The van der Waals surface area contributed by atoms with Crippen molar-refractivity contribution < 1.29 is 19.7 Å².